The third-order valence-electron chi connectivity index (χ3n) is 4.90. The van der Waals surface area contributed by atoms with Crippen molar-refractivity contribution in [2.75, 3.05) is 13.1 Å². The Morgan fingerprint density at radius 2 is 2.11 bits per heavy atom. The van der Waals surface area contributed by atoms with E-state index in [-0.39, 0.29) is 11.8 Å². The van der Waals surface area contributed by atoms with Gasteiger partial charge in [-0.3, -0.25) is 9.69 Å². The van der Waals surface area contributed by atoms with Gasteiger partial charge in [-0.05, 0) is 31.5 Å². The van der Waals surface area contributed by atoms with Crippen molar-refractivity contribution >= 4 is 5.91 Å². The lowest BCUT2D eigenvalue weighted by molar-refractivity contribution is -0.127. The van der Waals surface area contributed by atoms with E-state index in [0.29, 0.717) is 12.3 Å². The van der Waals surface area contributed by atoms with Gasteiger partial charge in [0.05, 0.1) is 25.3 Å². The molecule has 0 aliphatic carbocycles. The van der Waals surface area contributed by atoms with Gasteiger partial charge in [0.1, 0.15) is 11.5 Å². The Balaban J connectivity index is 1.29. The molecule has 0 radical (unpaired) electrons. The van der Waals surface area contributed by atoms with Crippen molar-refractivity contribution in [3.05, 3.63) is 66.2 Å². The molecule has 0 bridgehead atoms. The molecule has 3 heterocycles. The average molecular weight is 365 g/mol. The molecule has 1 aliphatic heterocycles. The Morgan fingerprint density at radius 1 is 1.22 bits per heavy atom. The van der Waals surface area contributed by atoms with Gasteiger partial charge in [0, 0.05) is 18.2 Å². The minimum absolute atomic E-state index is 0.00536. The summed E-state index contributed by atoms with van der Waals surface area (Å²) in [7, 11) is 0. The van der Waals surface area contributed by atoms with Crippen LogP contribution in [0, 0.1) is 5.92 Å². The van der Waals surface area contributed by atoms with E-state index in [2.05, 4.69) is 15.4 Å². The van der Waals surface area contributed by atoms with Crippen molar-refractivity contribution < 1.29 is 13.7 Å². The van der Waals surface area contributed by atoms with E-state index in [1.807, 2.05) is 48.5 Å². The lowest BCUT2D eigenvalue weighted by Gasteiger charge is -2.31. The van der Waals surface area contributed by atoms with Crippen LogP contribution >= 0.6 is 0 Å². The number of hydrogen-bond acceptors (Lipinski definition) is 5. The Kier molecular flexibility index (Phi) is 5.34. The number of hydrogen-bond donors (Lipinski definition) is 1. The molecule has 140 valence electrons. The number of nitrogens with one attached hydrogen (secondary N) is 1. The number of amides is 1. The lowest BCUT2D eigenvalue weighted by atomic mass is 9.97. The van der Waals surface area contributed by atoms with Crippen molar-refractivity contribution in [3.63, 3.8) is 0 Å². The van der Waals surface area contributed by atoms with E-state index in [9.17, 15) is 4.79 Å². The second kappa shape index (κ2) is 8.22. The molecule has 2 aromatic heterocycles. The van der Waals surface area contributed by atoms with E-state index in [1.54, 1.807) is 6.26 Å². The number of furan rings is 1. The standard InChI is InChI=1S/C21H23N3O3/c25-21(17-8-4-10-24(14-17)15-19-9-5-11-26-19)22-13-18-12-20(27-23-18)16-6-2-1-3-7-16/h1-3,5-7,9,11-12,17H,4,8,10,13-15H2,(H,22,25)/t17-/m1/s1. The number of piperidine rings is 1. The van der Waals surface area contributed by atoms with Gasteiger partial charge in [-0.25, -0.2) is 0 Å². The number of likely N-dealkylation sites (tertiary alicyclic amines) is 1. The highest BCUT2D eigenvalue weighted by Gasteiger charge is 2.26. The highest BCUT2D eigenvalue weighted by molar-refractivity contribution is 5.79. The van der Waals surface area contributed by atoms with E-state index in [0.717, 1.165) is 49.5 Å². The van der Waals surface area contributed by atoms with Crippen molar-refractivity contribution in [1.82, 2.24) is 15.4 Å². The Morgan fingerprint density at radius 3 is 2.93 bits per heavy atom. The van der Waals surface area contributed by atoms with Crippen molar-refractivity contribution in [2.45, 2.75) is 25.9 Å². The maximum Gasteiger partial charge on any atom is 0.224 e. The van der Waals surface area contributed by atoms with Crippen LogP contribution < -0.4 is 5.32 Å². The summed E-state index contributed by atoms with van der Waals surface area (Å²) in [6, 6.07) is 15.6. The number of aromatic nitrogens is 1. The zero-order chi connectivity index (χ0) is 18.5. The largest absolute Gasteiger partial charge is 0.468 e. The summed E-state index contributed by atoms with van der Waals surface area (Å²) in [5.74, 6) is 1.71. The minimum Gasteiger partial charge on any atom is -0.468 e. The predicted octanol–water partition coefficient (Wildman–Crippen LogP) is 3.46. The quantitative estimate of drug-likeness (QED) is 0.724. The molecule has 1 saturated heterocycles. The fraction of sp³-hybridized carbons (Fsp3) is 0.333. The third kappa shape index (κ3) is 4.46. The first kappa shape index (κ1) is 17.5. The SMILES string of the molecule is O=C(NCc1cc(-c2ccccc2)on1)[C@@H]1CCCN(Cc2ccco2)C1. The van der Waals surface area contributed by atoms with Gasteiger partial charge in [0.25, 0.3) is 0 Å². The summed E-state index contributed by atoms with van der Waals surface area (Å²) in [5, 5.41) is 7.06. The van der Waals surface area contributed by atoms with Crippen LogP contribution in [0.5, 0.6) is 0 Å². The number of benzene rings is 1. The summed E-state index contributed by atoms with van der Waals surface area (Å²) in [5.41, 5.74) is 1.70. The summed E-state index contributed by atoms with van der Waals surface area (Å²) in [6.45, 7) is 2.87. The normalized spacial score (nSPS) is 17.7. The fourth-order valence-corrected chi connectivity index (χ4v) is 3.49. The van der Waals surface area contributed by atoms with Crippen LogP contribution in [0.25, 0.3) is 11.3 Å². The van der Waals surface area contributed by atoms with Crippen LogP contribution in [-0.2, 0) is 17.9 Å². The maximum atomic E-state index is 12.6. The van der Waals surface area contributed by atoms with Gasteiger partial charge < -0.3 is 14.3 Å². The number of rotatable bonds is 6. The molecule has 0 unspecified atom stereocenters. The zero-order valence-electron chi connectivity index (χ0n) is 15.1. The van der Waals surface area contributed by atoms with Gasteiger partial charge in [0.2, 0.25) is 5.91 Å². The molecule has 0 saturated carbocycles. The summed E-state index contributed by atoms with van der Waals surface area (Å²) in [6.07, 6.45) is 3.61. The summed E-state index contributed by atoms with van der Waals surface area (Å²) in [4.78, 5) is 14.9. The maximum absolute atomic E-state index is 12.6. The fourth-order valence-electron chi connectivity index (χ4n) is 3.49. The molecule has 0 spiro atoms. The molecular weight excluding hydrogens is 342 g/mol. The van der Waals surface area contributed by atoms with E-state index < -0.39 is 0 Å². The van der Waals surface area contributed by atoms with Crippen LogP contribution in [0.15, 0.2) is 63.7 Å². The van der Waals surface area contributed by atoms with Gasteiger partial charge in [-0.15, -0.1) is 0 Å². The van der Waals surface area contributed by atoms with Gasteiger partial charge in [-0.2, -0.15) is 0 Å². The second-order valence-electron chi connectivity index (χ2n) is 6.92. The van der Waals surface area contributed by atoms with E-state index >= 15 is 0 Å². The smallest absolute Gasteiger partial charge is 0.224 e. The molecule has 1 atom stereocenters. The molecule has 1 aromatic carbocycles. The van der Waals surface area contributed by atoms with E-state index in [4.69, 9.17) is 8.94 Å². The predicted molar refractivity (Wildman–Crippen MR) is 100 cm³/mol. The Hall–Kier alpha value is -2.86. The molecular formula is C21H23N3O3. The lowest BCUT2D eigenvalue weighted by Crippen LogP contribution is -2.42. The molecule has 1 N–H and O–H groups in total. The van der Waals surface area contributed by atoms with Crippen molar-refractivity contribution in [1.29, 1.82) is 0 Å². The first-order valence-corrected chi connectivity index (χ1v) is 9.31. The van der Waals surface area contributed by atoms with Gasteiger partial charge in [0.15, 0.2) is 5.76 Å². The van der Waals surface area contributed by atoms with Crippen LogP contribution in [0.3, 0.4) is 0 Å². The van der Waals surface area contributed by atoms with Crippen LogP contribution in [0.4, 0.5) is 0 Å². The van der Waals surface area contributed by atoms with Gasteiger partial charge in [-0.1, -0.05) is 35.5 Å². The number of carbonyl (C=O) groups is 1. The zero-order valence-corrected chi connectivity index (χ0v) is 15.1. The molecule has 1 fully saturated rings. The highest BCUT2D eigenvalue weighted by atomic mass is 16.5. The molecule has 1 aliphatic rings. The first-order valence-electron chi connectivity index (χ1n) is 9.31. The Bertz CT molecular complexity index is 858. The first-order chi connectivity index (χ1) is 13.3. The molecule has 4 rings (SSSR count). The molecule has 6 nitrogen and oxygen atoms in total. The summed E-state index contributed by atoms with van der Waals surface area (Å²) < 4.78 is 10.8. The third-order valence-corrected chi connectivity index (χ3v) is 4.90. The van der Waals surface area contributed by atoms with Crippen LogP contribution in [0.1, 0.15) is 24.3 Å². The molecule has 1 amide bonds. The Labute approximate surface area is 158 Å². The average Bonchev–Trinajstić information content (AvgIpc) is 3.39. The van der Waals surface area contributed by atoms with Gasteiger partial charge >= 0.3 is 0 Å². The van der Waals surface area contributed by atoms with Crippen molar-refractivity contribution in [3.8, 4) is 11.3 Å². The highest BCUT2D eigenvalue weighted by Crippen LogP contribution is 2.21. The monoisotopic (exact) mass is 365 g/mol. The topological polar surface area (TPSA) is 71.5 Å². The second-order valence-corrected chi connectivity index (χ2v) is 6.92. The summed E-state index contributed by atoms with van der Waals surface area (Å²) >= 11 is 0. The van der Waals surface area contributed by atoms with Crippen LogP contribution in [-0.4, -0.2) is 29.1 Å². The van der Waals surface area contributed by atoms with Crippen molar-refractivity contribution in [2.24, 2.45) is 5.92 Å². The molecule has 27 heavy (non-hydrogen) atoms. The number of nitrogens with zero attached hydrogens (tertiary/aromatic N) is 2. The number of carbonyl (C=O) groups excluding carboxylic acids is 1. The van der Waals surface area contributed by atoms with E-state index in [1.165, 1.54) is 0 Å². The molecule has 6 heteroatoms. The molecule has 3 aromatic rings. The van der Waals surface area contributed by atoms with Crippen LogP contribution in [0.2, 0.25) is 0 Å². The minimum atomic E-state index is -0.00536.